The Morgan fingerprint density at radius 1 is 0.909 bits per heavy atom. The van der Waals surface area contributed by atoms with Gasteiger partial charge in [0.05, 0.1) is 19.7 Å². The first-order chi connectivity index (χ1) is 16.2. The molecule has 0 N–H and O–H groups in total. The highest BCUT2D eigenvalue weighted by Gasteiger charge is 2.28. The van der Waals surface area contributed by atoms with Crippen molar-refractivity contribution in [2.24, 2.45) is 0 Å². The summed E-state index contributed by atoms with van der Waals surface area (Å²) >= 11 is 0. The number of nitriles is 1. The molecule has 0 bridgehead atoms. The van der Waals surface area contributed by atoms with Gasteiger partial charge in [0.1, 0.15) is 11.8 Å². The van der Waals surface area contributed by atoms with E-state index in [1.54, 1.807) is 7.11 Å². The van der Waals surface area contributed by atoms with Crippen molar-refractivity contribution in [1.82, 2.24) is 19.6 Å². The van der Waals surface area contributed by atoms with E-state index in [4.69, 9.17) is 4.74 Å². The Labute approximate surface area is 196 Å². The standard InChI is InChI=1S/C26H33N5O2/c1-33-24-9-7-23(8-10-24)25(19-27)30-15-17-31(18-16-30)26(32)21-29-13-11-28(12-14-29)20-22-5-3-2-4-6-22/h2-10,25H,11-18,20-21H2,1H3. The van der Waals surface area contributed by atoms with Gasteiger partial charge in [0.2, 0.25) is 5.91 Å². The van der Waals surface area contributed by atoms with Crippen LogP contribution in [-0.4, -0.2) is 91.5 Å². The molecular formula is C26H33N5O2. The maximum atomic E-state index is 12.9. The van der Waals surface area contributed by atoms with E-state index in [1.165, 1.54) is 5.56 Å². The number of hydrogen-bond donors (Lipinski definition) is 0. The average molecular weight is 448 g/mol. The molecule has 2 fully saturated rings. The molecule has 2 saturated heterocycles. The molecule has 4 rings (SSSR count). The molecule has 1 amide bonds. The first-order valence-corrected chi connectivity index (χ1v) is 11.7. The number of hydrogen-bond acceptors (Lipinski definition) is 6. The van der Waals surface area contributed by atoms with Crippen LogP contribution in [0.15, 0.2) is 54.6 Å². The van der Waals surface area contributed by atoms with Crippen LogP contribution in [0.2, 0.25) is 0 Å². The van der Waals surface area contributed by atoms with Crippen LogP contribution in [0, 0.1) is 11.3 Å². The van der Waals surface area contributed by atoms with Gasteiger partial charge >= 0.3 is 0 Å². The molecule has 2 aliphatic heterocycles. The number of rotatable bonds is 7. The second kappa shape index (κ2) is 11.3. The summed E-state index contributed by atoms with van der Waals surface area (Å²) in [5.74, 6) is 0.982. The molecule has 7 heteroatoms. The SMILES string of the molecule is COc1ccc(C(C#N)N2CCN(C(=O)CN3CCN(Cc4ccccc4)CC3)CC2)cc1. The van der Waals surface area contributed by atoms with Gasteiger partial charge in [0, 0.05) is 58.9 Å². The number of ether oxygens (including phenoxy) is 1. The van der Waals surface area contributed by atoms with E-state index in [2.05, 4.69) is 45.0 Å². The van der Waals surface area contributed by atoms with E-state index in [9.17, 15) is 10.1 Å². The maximum Gasteiger partial charge on any atom is 0.236 e. The number of amides is 1. The first-order valence-electron chi connectivity index (χ1n) is 11.7. The van der Waals surface area contributed by atoms with Gasteiger partial charge in [0.25, 0.3) is 0 Å². The van der Waals surface area contributed by atoms with Gasteiger partial charge in [-0.3, -0.25) is 19.5 Å². The molecular weight excluding hydrogens is 414 g/mol. The molecule has 0 radical (unpaired) electrons. The summed E-state index contributed by atoms with van der Waals surface area (Å²) in [7, 11) is 1.64. The van der Waals surface area contributed by atoms with Gasteiger partial charge < -0.3 is 9.64 Å². The van der Waals surface area contributed by atoms with Crippen molar-refractivity contribution >= 4 is 5.91 Å². The van der Waals surface area contributed by atoms with Gasteiger partial charge in [-0.25, -0.2) is 0 Å². The summed E-state index contributed by atoms with van der Waals surface area (Å²) < 4.78 is 5.22. The zero-order valence-electron chi connectivity index (χ0n) is 19.4. The Balaban J connectivity index is 1.21. The fraction of sp³-hybridized carbons (Fsp3) is 0.462. The molecule has 2 aromatic carbocycles. The average Bonchev–Trinajstić information content (AvgIpc) is 2.87. The molecule has 2 aromatic rings. The fourth-order valence-electron chi connectivity index (χ4n) is 4.62. The molecule has 0 aromatic heterocycles. The quantitative estimate of drug-likeness (QED) is 0.649. The van der Waals surface area contributed by atoms with Gasteiger partial charge in [-0.15, -0.1) is 0 Å². The second-order valence-electron chi connectivity index (χ2n) is 8.76. The first kappa shape index (κ1) is 23.2. The van der Waals surface area contributed by atoms with Crippen molar-refractivity contribution in [3.8, 4) is 11.8 Å². The van der Waals surface area contributed by atoms with Crippen LogP contribution in [0.3, 0.4) is 0 Å². The minimum atomic E-state index is -0.300. The number of methoxy groups -OCH3 is 1. The monoisotopic (exact) mass is 447 g/mol. The molecule has 1 atom stereocenters. The van der Waals surface area contributed by atoms with Crippen molar-refractivity contribution in [2.45, 2.75) is 12.6 Å². The van der Waals surface area contributed by atoms with Crippen LogP contribution in [0.4, 0.5) is 0 Å². The minimum absolute atomic E-state index is 0.198. The van der Waals surface area contributed by atoms with Crippen molar-refractivity contribution in [2.75, 3.05) is 66.0 Å². The van der Waals surface area contributed by atoms with E-state index < -0.39 is 0 Å². The van der Waals surface area contributed by atoms with Crippen LogP contribution in [-0.2, 0) is 11.3 Å². The summed E-state index contributed by atoms with van der Waals surface area (Å²) in [6, 6.07) is 20.3. The molecule has 2 heterocycles. The molecule has 7 nitrogen and oxygen atoms in total. The van der Waals surface area contributed by atoms with Crippen molar-refractivity contribution in [3.05, 3.63) is 65.7 Å². The number of carbonyl (C=O) groups is 1. The number of nitrogens with zero attached hydrogens (tertiary/aromatic N) is 5. The molecule has 2 aliphatic rings. The molecule has 0 spiro atoms. The number of piperazine rings is 2. The number of benzene rings is 2. The largest absolute Gasteiger partial charge is 0.497 e. The summed E-state index contributed by atoms with van der Waals surface area (Å²) in [5, 5.41) is 9.75. The van der Waals surface area contributed by atoms with Gasteiger partial charge in [-0.1, -0.05) is 42.5 Å². The van der Waals surface area contributed by atoms with Crippen molar-refractivity contribution in [1.29, 1.82) is 5.26 Å². The number of carbonyl (C=O) groups excluding carboxylic acids is 1. The minimum Gasteiger partial charge on any atom is -0.497 e. The molecule has 0 aliphatic carbocycles. The van der Waals surface area contributed by atoms with E-state index in [0.717, 1.165) is 44.0 Å². The maximum absolute atomic E-state index is 12.9. The summed E-state index contributed by atoms with van der Waals surface area (Å²) in [6.45, 7) is 8.03. The molecule has 174 valence electrons. The second-order valence-corrected chi connectivity index (χ2v) is 8.76. The van der Waals surface area contributed by atoms with Crippen LogP contribution < -0.4 is 4.74 Å². The van der Waals surface area contributed by atoms with Crippen LogP contribution >= 0.6 is 0 Å². The Morgan fingerprint density at radius 2 is 1.55 bits per heavy atom. The van der Waals surface area contributed by atoms with E-state index in [0.29, 0.717) is 32.7 Å². The lowest BCUT2D eigenvalue weighted by atomic mass is 10.1. The molecule has 0 saturated carbocycles. The Morgan fingerprint density at radius 3 is 2.15 bits per heavy atom. The van der Waals surface area contributed by atoms with E-state index >= 15 is 0 Å². The van der Waals surface area contributed by atoms with Crippen LogP contribution in [0.25, 0.3) is 0 Å². The lowest BCUT2D eigenvalue weighted by Crippen LogP contribution is -2.54. The smallest absolute Gasteiger partial charge is 0.236 e. The van der Waals surface area contributed by atoms with Gasteiger partial charge in [-0.05, 0) is 23.3 Å². The van der Waals surface area contributed by atoms with Gasteiger partial charge in [-0.2, -0.15) is 5.26 Å². The van der Waals surface area contributed by atoms with Crippen molar-refractivity contribution < 1.29 is 9.53 Å². The van der Waals surface area contributed by atoms with Crippen LogP contribution in [0.5, 0.6) is 5.75 Å². The Hall–Kier alpha value is -2.92. The Kier molecular flexibility index (Phi) is 7.95. The predicted octanol–water partition coefficient (Wildman–Crippen LogP) is 2.22. The Bertz CT molecular complexity index is 927. The third-order valence-electron chi connectivity index (χ3n) is 6.66. The zero-order valence-corrected chi connectivity index (χ0v) is 19.4. The highest BCUT2D eigenvalue weighted by atomic mass is 16.5. The lowest BCUT2D eigenvalue weighted by Gasteiger charge is -2.39. The molecule has 33 heavy (non-hydrogen) atoms. The third kappa shape index (κ3) is 6.11. The summed E-state index contributed by atoms with van der Waals surface area (Å²) in [4.78, 5) is 21.7. The highest BCUT2D eigenvalue weighted by molar-refractivity contribution is 5.78. The summed E-state index contributed by atoms with van der Waals surface area (Å²) in [6.07, 6.45) is 0. The topological polar surface area (TPSA) is 63.1 Å². The van der Waals surface area contributed by atoms with E-state index in [1.807, 2.05) is 35.2 Å². The molecule has 1 unspecified atom stereocenters. The normalized spacial score (nSPS) is 19.1. The van der Waals surface area contributed by atoms with Crippen molar-refractivity contribution in [3.63, 3.8) is 0 Å². The van der Waals surface area contributed by atoms with E-state index in [-0.39, 0.29) is 11.9 Å². The fourth-order valence-corrected chi connectivity index (χ4v) is 4.62. The summed E-state index contributed by atoms with van der Waals surface area (Å²) in [5.41, 5.74) is 2.30. The lowest BCUT2D eigenvalue weighted by molar-refractivity contribution is -0.134. The third-order valence-corrected chi connectivity index (χ3v) is 6.66. The predicted molar refractivity (Wildman–Crippen MR) is 128 cm³/mol. The zero-order chi connectivity index (χ0) is 23.0. The van der Waals surface area contributed by atoms with Crippen LogP contribution in [0.1, 0.15) is 17.2 Å². The highest BCUT2D eigenvalue weighted by Crippen LogP contribution is 2.24. The van der Waals surface area contributed by atoms with Gasteiger partial charge in [0.15, 0.2) is 0 Å².